The topological polar surface area (TPSA) is 0 Å². The summed E-state index contributed by atoms with van der Waals surface area (Å²) in [6, 6.07) is 24.7. The second-order valence-corrected chi connectivity index (χ2v) is 17.2. The van der Waals surface area contributed by atoms with E-state index in [-0.39, 0.29) is 30.2 Å². The van der Waals surface area contributed by atoms with Gasteiger partial charge in [-0.25, -0.2) is 0 Å². The number of aryl methyl sites for hydroxylation is 1. The van der Waals surface area contributed by atoms with E-state index in [1.54, 1.807) is 23.3 Å². The molecule has 0 unspecified atom stereocenters. The largest absolute Gasteiger partial charge is 1.00 e. The summed E-state index contributed by atoms with van der Waals surface area (Å²) in [5.41, 5.74) is 5.61. The Morgan fingerprint density at radius 1 is 0.862 bits per heavy atom. The van der Waals surface area contributed by atoms with Crippen LogP contribution < -0.4 is 24.8 Å². The van der Waals surface area contributed by atoms with Crippen LogP contribution in [0.25, 0.3) is 32.7 Å². The Hall–Kier alpha value is -0.790. The summed E-state index contributed by atoms with van der Waals surface area (Å²) in [5, 5.41) is 5.32. The van der Waals surface area contributed by atoms with Crippen molar-refractivity contribution < 1.29 is 48.1 Å². The van der Waals surface area contributed by atoms with Crippen molar-refractivity contribution in [1.29, 1.82) is 0 Å². The van der Waals surface area contributed by atoms with Crippen molar-refractivity contribution in [3.05, 3.63) is 77.9 Å². The van der Waals surface area contributed by atoms with E-state index in [0.29, 0.717) is 5.92 Å². The van der Waals surface area contributed by atoms with Gasteiger partial charge in [-0.2, -0.15) is 6.07 Å². The van der Waals surface area contributed by atoms with Crippen LogP contribution in [0.5, 0.6) is 0 Å². The van der Waals surface area contributed by atoms with Gasteiger partial charge in [0, 0.05) is 0 Å². The molecule has 0 fully saturated rings. The molecule has 0 aromatic heterocycles. The van der Waals surface area contributed by atoms with Crippen molar-refractivity contribution in [1.82, 2.24) is 0 Å². The predicted molar refractivity (Wildman–Crippen MR) is 119 cm³/mol. The van der Waals surface area contributed by atoms with Crippen molar-refractivity contribution in [3.8, 4) is 11.1 Å². The first kappa shape index (κ1) is 26.2. The molecule has 4 heteroatoms. The molecule has 0 bridgehead atoms. The molecule has 4 aromatic carbocycles. The third-order valence-corrected chi connectivity index (χ3v) is 4.72. The maximum Gasteiger partial charge on any atom is -0.0178 e. The number of benzene rings is 3. The van der Waals surface area contributed by atoms with E-state index in [0.717, 1.165) is 0 Å². The molecule has 29 heavy (non-hydrogen) atoms. The zero-order chi connectivity index (χ0) is 19.6. The molecule has 0 aliphatic carbocycles. The molecule has 0 heterocycles. The Labute approximate surface area is 202 Å². The normalized spacial score (nSPS) is 10.2. The predicted octanol–water partition coefficient (Wildman–Crippen LogP) is 1.60. The fourth-order valence-corrected chi connectivity index (χ4v) is 3.42. The Balaban J connectivity index is 0.000000646. The summed E-state index contributed by atoms with van der Waals surface area (Å²) in [5.74, 6) is 0.536. The van der Waals surface area contributed by atoms with Crippen LogP contribution in [0.3, 0.4) is 0 Å². The first-order valence-electron chi connectivity index (χ1n) is 9.57. The van der Waals surface area contributed by atoms with Gasteiger partial charge < -0.3 is 24.8 Å². The Morgan fingerprint density at radius 3 is 2.10 bits per heavy atom. The van der Waals surface area contributed by atoms with E-state index in [4.69, 9.17) is 0 Å². The van der Waals surface area contributed by atoms with Gasteiger partial charge in [0.05, 0.1) is 0 Å². The number of hydrogen-bond donors (Lipinski definition) is 0. The SMILES string of the molecule is C[Si](C)=[Zr+2].Cc1cc2c(-c3ccc4ccccc4c3)cc(C(C)C)cc2[cH-]1.[Cl-].[Cl-]. The minimum Gasteiger partial charge on any atom is -1.00 e. The third-order valence-electron chi connectivity index (χ3n) is 4.72. The fraction of sp³-hybridized carbons (Fsp3) is 0.240. The Morgan fingerprint density at radius 2 is 1.48 bits per heavy atom. The van der Waals surface area contributed by atoms with Gasteiger partial charge in [-0.15, -0.1) is 28.5 Å². The molecule has 0 saturated heterocycles. The van der Waals surface area contributed by atoms with Gasteiger partial charge in [-0.1, -0.05) is 74.4 Å². The van der Waals surface area contributed by atoms with Crippen molar-refractivity contribution in [3.63, 3.8) is 0 Å². The molecule has 0 spiro atoms. The first-order valence-corrected chi connectivity index (χ1v) is 15.8. The molecule has 0 aliphatic rings. The Kier molecular flexibility index (Phi) is 10.5. The molecule has 0 radical (unpaired) electrons. The summed E-state index contributed by atoms with van der Waals surface area (Å²) in [4.78, 5) is 0. The third kappa shape index (κ3) is 6.59. The molecule has 150 valence electrons. The van der Waals surface area contributed by atoms with Crippen molar-refractivity contribution >= 4 is 27.0 Å². The standard InChI is InChI=1S/C23H21.C2H6Si.2ClH.Zr/c1-15(2)20-13-21-10-16(3)11-22(21)23(14-20)19-9-8-17-6-4-5-7-18(17)12-19;1-3-2;;;/h4-15H,1-3H3;1-2H3;2*1H;/q-1;;;;+2/p-2. The van der Waals surface area contributed by atoms with Crippen molar-refractivity contribution in [2.75, 3.05) is 0 Å². The van der Waals surface area contributed by atoms with E-state index in [1.807, 2.05) is 0 Å². The van der Waals surface area contributed by atoms with Crippen LogP contribution >= 0.6 is 0 Å². The van der Waals surface area contributed by atoms with E-state index in [9.17, 15) is 0 Å². The second kappa shape index (κ2) is 11.6. The van der Waals surface area contributed by atoms with Gasteiger partial charge in [0.1, 0.15) is 0 Å². The van der Waals surface area contributed by atoms with Gasteiger partial charge in [0.2, 0.25) is 0 Å². The van der Waals surface area contributed by atoms with E-state index in [2.05, 4.69) is 101 Å². The number of fused-ring (bicyclic) bond motifs is 2. The van der Waals surface area contributed by atoms with E-state index >= 15 is 0 Å². The summed E-state index contributed by atoms with van der Waals surface area (Å²) in [7, 11) is 0. The molecule has 0 N–H and O–H groups in total. The molecule has 0 aliphatic heterocycles. The molecule has 0 amide bonds. The van der Waals surface area contributed by atoms with Crippen molar-refractivity contribution in [2.45, 2.75) is 39.8 Å². The molecule has 0 atom stereocenters. The summed E-state index contributed by atoms with van der Waals surface area (Å²) in [6.45, 7) is 11.3. The van der Waals surface area contributed by atoms with Gasteiger partial charge in [0.15, 0.2) is 0 Å². The van der Waals surface area contributed by atoms with Crippen LogP contribution in [-0.4, -0.2) is 5.43 Å². The van der Waals surface area contributed by atoms with Crippen molar-refractivity contribution in [2.24, 2.45) is 0 Å². The maximum absolute atomic E-state index is 2.37. The van der Waals surface area contributed by atoms with Crippen LogP contribution in [0.1, 0.15) is 30.9 Å². The average molecular weight is 518 g/mol. The first-order chi connectivity index (χ1) is 12.8. The van der Waals surface area contributed by atoms with Crippen LogP contribution in [0, 0.1) is 6.92 Å². The fourth-order valence-electron chi connectivity index (χ4n) is 3.42. The number of hydrogen-bond acceptors (Lipinski definition) is 0. The zero-order valence-electron chi connectivity index (χ0n) is 17.7. The molecule has 0 nitrogen and oxygen atoms in total. The molecule has 4 aromatic rings. The quantitative estimate of drug-likeness (QED) is 0.280. The summed E-state index contributed by atoms with van der Waals surface area (Å²) >= 11 is 1.74. The molecular weight excluding hydrogens is 490 g/mol. The van der Waals surface area contributed by atoms with Gasteiger partial charge in [0.25, 0.3) is 0 Å². The van der Waals surface area contributed by atoms with Gasteiger partial charge in [-0.3, -0.25) is 0 Å². The van der Waals surface area contributed by atoms with Crippen LogP contribution in [0.15, 0.2) is 66.7 Å². The van der Waals surface area contributed by atoms with E-state index in [1.165, 1.54) is 43.8 Å². The Bertz CT molecular complexity index is 1110. The average Bonchev–Trinajstić information content (AvgIpc) is 3.00. The summed E-state index contributed by atoms with van der Waals surface area (Å²) in [6.07, 6.45) is 0. The number of rotatable bonds is 2. The van der Waals surface area contributed by atoms with Crippen LogP contribution in [0.4, 0.5) is 0 Å². The summed E-state index contributed by atoms with van der Waals surface area (Å²) < 4.78 is 0. The smallest absolute Gasteiger partial charge is 0.0178 e. The monoisotopic (exact) mass is 515 g/mol. The molecular formula is C25H27Cl2SiZr-. The van der Waals surface area contributed by atoms with E-state index < -0.39 is 0 Å². The van der Waals surface area contributed by atoms with Gasteiger partial charge >= 0.3 is 41.9 Å². The zero-order valence-corrected chi connectivity index (χ0v) is 22.7. The maximum atomic E-state index is 2.37. The molecule has 0 saturated carbocycles. The second-order valence-electron chi connectivity index (χ2n) is 7.82. The minimum absolute atomic E-state index is 0. The van der Waals surface area contributed by atoms with Crippen LogP contribution in [0.2, 0.25) is 13.1 Å². The van der Waals surface area contributed by atoms with Gasteiger partial charge in [-0.05, 0) is 28.3 Å². The minimum atomic E-state index is 0. The number of halogens is 2. The van der Waals surface area contributed by atoms with Crippen LogP contribution in [-0.2, 0) is 23.3 Å². The molecule has 4 rings (SSSR count).